The number of benzene rings is 2. The van der Waals surface area contributed by atoms with Gasteiger partial charge in [-0.1, -0.05) is 23.8 Å². The SMILES string of the molecule is COc1cccc(Nc2cnc(C(=O)Nc3ccc(C)cc3)cn2)c1. The molecule has 0 aliphatic rings. The van der Waals surface area contributed by atoms with Gasteiger partial charge in [-0.15, -0.1) is 0 Å². The number of hydrogen-bond donors (Lipinski definition) is 2. The lowest BCUT2D eigenvalue weighted by atomic mass is 10.2. The van der Waals surface area contributed by atoms with Crippen molar-refractivity contribution in [2.75, 3.05) is 17.7 Å². The third-order valence-electron chi connectivity index (χ3n) is 3.54. The molecule has 2 aromatic carbocycles. The molecule has 1 heterocycles. The van der Waals surface area contributed by atoms with Gasteiger partial charge >= 0.3 is 0 Å². The Bertz CT molecular complexity index is 861. The topological polar surface area (TPSA) is 76.1 Å². The summed E-state index contributed by atoms with van der Waals surface area (Å²) < 4.78 is 5.18. The van der Waals surface area contributed by atoms with E-state index in [1.807, 2.05) is 55.5 Å². The number of anilines is 3. The van der Waals surface area contributed by atoms with Crippen molar-refractivity contribution in [3.63, 3.8) is 0 Å². The summed E-state index contributed by atoms with van der Waals surface area (Å²) in [7, 11) is 1.61. The molecule has 1 amide bonds. The first kappa shape index (κ1) is 16.4. The molecular weight excluding hydrogens is 316 g/mol. The first-order valence-electron chi connectivity index (χ1n) is 7.75. The van der Waals surface area contributed by atoms with Gasteiger partial charge in [0.15, 0.2) is 0 Å². The second-order valence-corrected chi connectivity index (χ2v) is 5.46. The van der Waals surface area contributed by atoms with Crippen molar-refractivity contribution in [2.24, 2.45) is 0 Å². The molecule has 0 atom stereocenters. The second kappa shape index (κ2) is 7.44. The molecule has 1 aromatic heterocycles. The van der Waals surface area contributed by atoms with E-state index >= 15 is 0 Å². The number of ether oxygens (including phenoxy) is 1. The third kappa shape index (κ3) is 4.32. The first-order valence-corrected chi connectivity index (χ1v) is 7.75. The molecule has 0 aliphatic heterocycles. The van der Waals surface area contributed by atoms with E-state index in [4.69, 9.17) is 4.74 Å². The smallest absolute Gasteiger partial charge is 0.275 e. The van der Waals surface area contributed by atoms with Gasteiger partial charge in [-0.2, -0.15) is 0 Å². The summed E-state index contributed by atoms with van der Waals surface area (Å²) in [4.78, 5) is 20.6. The van der Waals surface area contributed by atoms with E-state index in [-0.39, 0.29) is 11.6 Å². The Kier molecular flexibility index (Phi) is 4.89. The number of carbonyl (C=O) groups is 1. The standard InChI is InChI=1S/C19H18N4O2/c1-13-6-8-14(9-7-13)23-19(24)17-11-21-18(12-20-17)22-15-4-3-5-16(10-15)25-2/h3-12H,1-2H3,(H,21,22)(H,23,24). The van der Waals surface area contributed by atoms with Crippen LogP contribution in [0.15, 0.2) is 60.9 Å². The van der Waals surface area contributed by atoms with Crippen LogP contribution in [0, 0.1) is 6.92 Å². The molecule has 0 unspecified atom stereocenters. The van der Waals surface area contributed by atoms with Crippen molar-refractivity contribution in [3.8, 4) is 5.75 Å². The molecule has 3 aromatic rings. The highest BCUT2D eigenvalue weighted by atomic mass is 16.5. The maximum Gasteiger partial charge on any atom is 0.275 e. The molecule has 0 aliphatic carbocycles. The number of nitrogens with zero attached hydrogens (tertiary/aromatic N) is 2. The Morgan fingerprint density at radius 3 is 2.48 bits per heavy atom. The van der Waals surface area contributed by atoms with E-state index in [9.17, 15) is 4.79 Å². The van der Waals surface area contributed by atoms with Crippen LogP contribution in [0.3, 0.4) is 0 Å². The fourth-order valence-electron chi connectivity index (χ4n) is 2.19. The summed E-state index contributed by atoms with van der Waals surface area (Å²) in [6.07, 6.45) is 2.95. The minimum atomic E-state index is -0.302. The molecule has 0 fully saturated rings. The number of nitrogens with one attached hydrogen (secondary N) is 2. The van der Waals surface area contributed by atoms with Crippen molar-refractivity contribution in [1.29, 1.82) is 0 Å². The van der Waals surface area contributed by atoms with E-state index in [1.165, 1.54) is 12.4 Å². The van der Waals surface area contributed by atoms with Gasteiger partial charge in [-0.05, 0) is 31.2 Å². The Labute approximate surface area is 145 Å². The van der Waals surface area contributed by atoms with Crippen LogP contribution in [0.5, 0.6) is 5.75 Å². The predicted molar refractivity (Wildman–Crippen MR) is 97.4 cm³/mol. The number of amides is 1. The van der Waals surface area contributed by atoms with E-state index < -0.39 is 0 Å². The third-order valence-corrected chi connectivity index (χ3v) is 3.54. The normalized spacial score (nSPS) is 10.2. The fourth-order valence-corrected chi connectivity index (χ4v) is 2.19. The first-order chi connectivity index (χ1) is 12.1. The largest absolute Gasteiger partial charge is 0.497 e. The molecule has 3 rings (SSSR count). The van der Waals surface area contributed by atoms with Gasteiger partial charge in [-0.3, -0.25) is 4.79 Å². The maximum absolute atomic E-state index is 12.2. The lowest BCUT2D eigenvalue weighted by molar-refractivity contribution is 0.102. The van der Waals surface area contributed by atoms with Gasteiger partial charge in [0, 0.05) is 17.4 Å². The lowest BCUT2D eigenvalue weighted by Gasteiger charge is -2.08. The summed E-state index contributed by atoms with van der Waals surface area (Å²) in [5.74, 6) is 0.983. The average molecular weight is 334 g/mol. The average Bonchev–Trinajstić information content (AvgIpc) is 2.64. The molecule has 126 valence electrons. The monoisotopic (exact) mass is 334 g/mol. The van der Waals surface area contributed by atoms with Crippen molar-refractivity contribution in [3.05, 3.63) is 72.2 Å². The van der Waals surface area contributed by atoms with Gasteiger partial charge in [0.25, 0.3) is 5.91 Å². The summed E-state index contributed by atoms with van der Waals surface area (Å²) in [6.45, 7) is 1.99. The molecule has 0 saturated heterocycles. The highest BCUT2D eigenvalue weighted by molar-refractivity contribution is 6.02. The van der Waals surface area contributed by atoms with Crippen molar-refractivity contribution < 1.29 is 9.53 Å². The Hall–Kier alpha value is -3.41. The second-order valence-electron chi connectivity index (χ2n) is 5.46. The quantitative estimate of drug-likeness (QED) is 0.742. The fraction of sp³-hybridized carbons (Fsp3) is 0.105. The minimum absolute atomic E-state index is 0.247. The molecule has 6 heteroatoms. The zero-order valence-corrected chi connectivity index (χ0v) is 14.0. The molecule has 0 radical (unpaired) electrons. The van der Waals surface area contributed by atoms with Crippen molar-refractivity contribution >= 4 is 23.1 Å². The minimum Gasteiger partial charge on any atom is -0.497 e. The summed E-state index contributed by atoms with van der Waals surface area (Å²) in [5.41, 5.74) is 2.92. The molecule has 2 N–H and O–H groups in total. The Morgan fingerprint density at radius 1 is 1.00 bits per heavy atom. The number of hydrogen-bond acceptors (Lipinski definition) is 5. The Morgan fingerprint density at radius 2 is 1.80 bits per heavy atom. The molecular formula is C19H18N4O2. The lowest BCUT2D eigenvalue weighted by Crippen LogP contribution is -2.14. The van der Waals surface area contributed by atoms with Crippen LogP contribution < -0.4 is 15.4 Å². The number of aromatic nitrogens is 2. The van der Waals surface area contributed by atoms with Crippen LogP contribution >= 0.6 is 0 Å². The van der Waals surface area contributed by atoms with Crippen molar-refractivity contribution in [1.82, 2.24) is 9.97 Å². The molecule has 6 nitrogen and oxygen atoms in total. The van der Waals surface area contributed by atoms with Crippen LogP contribution in [0.4, 0.5) is 17.2 Å². The number of carbonyl (C=O) groups excluding carboxylic acids is 1. The van der Waals surface area contributed by atoms with E-state index in [2.05, 4.69) is 20.6 Å². The molecule has 0 bridgehead atoms. The van der Waals surface area contributed by atoms with Gasteiger partial charge in [0.05, 0.1) is 19.5 Å². The van der Waals surface area contributed by atoms with Gasteiger partial charge in [0.2, 0.25) is 0 Å². The van der Waals surface area contributed by atoms with Crippen LogP contribution in [0.25, 0.3) is 0 Å². The van der Waals surface area contributed by atoms with Crippen LogP contribution in [0.1, 0.15) is 16.1 Å². The summed E-state index contributed by atoms with van der Waals surface area (Å²) in [6, 6.07) is 15.0. The number of aryl methyl sites for hydroxylation is 1. The van der Waals surface area contributed by atoms with Crippen LogP contribution in [-0.4, -0.2) is 23.0 Å². The van der Waals surface area contributed by atoms with Crippen molar-refractivity contribution in [2.45, 2.75) is 6.92 Å². The van der Waals surface area contributed by atoms with E-state index in [0.29, 0.717) is 5.82 Å². The molecule has 25 heavy (non-hydrogen) atoms. The maximum atomic E-state index is 12.2. The highest BCUT2D eigenvalue weighted by Gasteiger charge is 2.08. The predicted octanol–water partition coefficient (Wildman–Crippen LogP) is 3.79. The summed E-state index contributed by atoms with van der Waals surface area (Å²) >= 11 is 0. The summed E-state index contributed by atoms with van der Waals surface area (Å²) in [5, 5.41) is 5.91. The highest BCUT2D eigenvalue weighted by Crippen LogP contribution is 2.19. The van der Waals surface area contributed by atoms with Gasteiger partial charge < -0.3 is 15.4 Å². The van der Waals surface area contributed by atoms with E-state index in [0.717, 1.165) is 22.7 Å². The van der Waals surface area contributed by atoms with Crippen LogP contribution in [-0.2, 0) is 0 Å². The Balaban J connectivity index is 1.66. The zero-order chi connectivity index (χ0) is 17.6. The van der Waals surface area contributed by atoms with Gasteiger partial charge in [-0.25, -0.2) is 9.97 Å². The van der Waals surface area contributed by atoms with Crippen LogP contribution in [0.2, 0.25) is 0 Å². The molecule has 0 spiro atoms. The zero-order valence-electron chi connectivity index (χ0n) is 14.0. The van der Waals surface area contributed by atoms with E-state index in [1.54, 1.807) is 7.11 Å². The van der Waals surface area contributed by atoms with Gasteiger partial charge in [0.1, 0.15) is 17.3 Å². The number of rotatable bonds is 5. The molecule has 0 saturated carbocycles. The number of methoxy groups -OCH3 is 1.